The van der Waals surface area contributed by atoms with Crippen molar-refractivity contribution in [3.63, 3.8) is 0 Å². The van der Waals surface area contributed by atoms with Crippen LogP contribution in [-0.4, -0.2) is 42.0 Å². The van der Waals surface area contributed by atoms with Crippen molar-refractivity contribution < 1.29 is 22.4 Å². The Morgan fingerprint density at radius 3 is 2.57 bits per heavy atom. The molecular weight excluding hydrogens is 430 g/mol. The van der Waals surface area contributed by atoms with E-state index < -0.39 is 16.0 Å². The maximum absolute atomic E-state index is 12.8. The molecule has 8 nitrogen and oxygen atoms in total. The minimum atomic E-state index is -3.77. The van der Waals surface area contributed by atoms with Crippen molar-refractivity contribution in [3.05, 3.63) is 65.0 Å². The number of carbonyl (C=O) groups excluding carboxylic acids is 1. The van der Waals surface area contributed by atoms with E-state index in [1.54, 1.807) is 0 Å². The molecule has 0 amide bonds. The summed E-state index contributed by atoms with van der Waals surface area (Å²) >= 11 is 6.11. The number of sulfonamides is 1. The number of rotatable bonds is 6. The van der Waals surface area contributed by atoms with E-state index in [4.69, 9.17) is 20.8 Å². The van der Waals surface area contributed by atoms with Crippen LogP contribution in [0.3, 0.4) is 0 Å². The molecule has 156 valence electrons. The summed E-state index contributed by atoms with van der Waals surface area (Å²) in [7, 11) is -3.77. The number of halogens is 1. The first-order valence-corrected chi connectivity index (χ1v) is 11.1. The fourth-order valence-electron chi connectivity index (χ4n) is 3.12. The zero-order valence-electron chi connectivity index (χ0n) is 15.8. The maximum atomic E-state index is 12.8. The van der Waals surface area contributed by atoms with Crippen LogP contribution in [0.15, 0.2) is 57.8 Å². The van der Waals surface area contributed by atoms with Crippen molar-refractivity contribution in [1.82, 2.24) is 14.5 Å². The average molecular weight is 448 g/mol. The summed E-state index contributed by atoms with van der Waals surface area (Å²) < 4.78 is 37.7. The van der Waals surface area contributed by atoms with Gasteiger partial charge in [-0.2, -0.15) is 4.31 Å². The highest BCUT2D eigenvalue weighted by Crippen LogP contribution is 2.28. The smallest absolute Gasteiger partial charge is 0.338 e. The number of nitrogens with zero attached hydrogens (tertiary/aromatic N) is 3. The number of carbonyl (C=O) groups is 1. The van der Waals surface area contributed by atoms with Gasteiger partial charge >= 0.3 is 5.97 Å². The Kier molecular flexibility index (Phi) is 5.85. The van der Waals surface area contributed by atoms with E-state index in [0.29, 0.717) is 19.0 Å². The molecule has 1 fully saturated rings. The quantitative estimate of drug-likeness (QED) is 0.532. The first-order valence-electron chi connectivity index (χ1n) is 9.30. The van der Waals surface area contributed by atoms with Crippen LogP contribution >= 0.6 is 11.6 Å². The van der Waals surface area contributed by atoms with Crippen molar-refractivity contribution >= 4 is 27.6 Å². The van der Waals surface area contributed by atoms with Crippen LogP contribution in [0.25, 0.3) is 11.5 Å². The Bertz CT molecular complexity index is 1160. The molecule has 0 aliphatic carbocycles. The predicted molar refractivity (Wildman–Crippen MR) is 108 cm³/mol. The SMILES string of the molecule is O=C(OCc1nnc(-c2ccccc2)o1)c1ccc(Cl)c(S(=O)(=O)N2CCCC2)c1. The van der Waals surface area contributed by atoms with Gasteiger partial charge in [0, 0.05) is 18.7 Å². The minimum Gasteiger partial charge on any atom is -0.452 e. The molecule has 1 aliphatic heterocycles. The van der Waals surface area contributed by atoms with Crippen LogP contribution in [0, 0.1) is 0 Å². The van der Waals surface area contributed by atoms with Gasteiger partial charge in [-0.15, -0.1) is 10.2 Å². The Labute approximate surface area is 178 Å². The Hall–Kier alpha value is -2.75. The summed E-state index contributed by atoms with van der Waals surface area (Å²) in [5.74, 6) is -0.280. The lowest BCUT2D eigenvalue weighted by Crippen LogP contribution is -2.28. The third-order valence-corrected chi connectivity index (χ3v) is 7.04. The largest absolute Gasteiger partial charge is 0.452 e. The van der Waals surface area contributed by atoms with Gasteiger partial charge in [0.25, 0.3) is 5.89 Å². The normalized spacial score (nSPS) is 14.7. The van der Waals surface area contributed by atoms with Gasteiger partial charge < -0.3 is 9.15 Å². The molecule has 2 heterocycles. The summed E-state index contributed by atoms with van der Waals surface area (Å²) in [5.41, 5.74) is 0.817. The van der Waals surface area contributed by atoms with Crippen LogP contribution in [0.5, 0.6) is 0 Å². The van der Waals surface area contributed by atoms with Crippen LogP contribution in [0.1, 0.15) is 29.1 Å². The highest BCUT2D eigenvalue weighted by molar-refractivity contribution is 7.89. The molecule has 10 heteroatoms. The molecule has 1 saturated heterocycles. The third kappa shape index (κ3) is 4.23. The Balaban J connectivity index is 1.47. The zero-order chi connectivity index (χ0) is 21.1. The molecule has 4 rings (SSSR count). The monoisotopic (exact) mass is 447 g/mol. The first-order chi connectivity index (χ1) is 14.4. The standard InChI is InChI=1S/C20H18ClN3O5S/c21-16-9-8-15(12-17(16)30(26,27)24-10-4-5-11-24)20(25)28-13-18-22-23-19(29-18)14-6-2-1-3-7-14/h1-3,6-9,12H,4-5,10-11,13H2. The lowest BCUT2D eigenvalue weighted by Gasteiger charge is -2.17. The van der Waals surface area contributed by atoms with E-state index in [1.807, 2.05) is 30.3 Å². The maximum Gasteiger partial charge on any atom is 0.338 e. The fraction of sp³-hybridized carbons (Fsp3) is 0.250. The molecule has 3 aromatic rings. The van der Waals surface area contributed by atoms with Crippen molar-refractivity contribution in [2.24, 2.45) is 0 Å². The second-order valence-corrected chi connectivity index (χ2v) is 9.01. The molecule has 30 heavy (non-hydrogen) atoms. The van der Waals surface area contributed by atoms with Gasteiger partial charge in [-0.25, -0.2) is 13.2 Å². The number of aromatic nitrogens is 2. The number of ether oxygens (including phenoxy) is 1. The molecule has 0 bridgehead atoms. The van der Waals surface area contributed by atoms with Gasteiger partial charge in [0.2, 0.25) is 15.9 Å². The van der Waals surface area contributed by atoms with Crippen molar-refractivity contribution in [2.75, 3.05) is 13.1 Å². The number of esters is 1. The Morgan fingerprint density at radius 2 is 1.83 bits per heavy atom. The van der Waals surface area contributed by atoms with Crippen molar-refractivity contribution in [3.8, 4) is 11.5 Å². The van der Waals surface area contributed by atoms with Crippen LogP contribution in [0.4, 0.5) is 0 Å². The van der Waals surface area contributed by atoms with Crippen LogP contribution in [0.2, 0.25) is 5.02 Å². The van der Waals surface area contributed by atoms with E-state index in [9.17, 15) is 13.2 Å². The molecule has 0 atom stereocenters. The van der Waals surface area contributed by atoms with E-state index in [1.165, 1.54) is 22.5 Å². The average Bonchev–Trinajstić information content (AvgIpc) is 3.45. The van der Waals surface area contributed by atoms with Crippen LogP contribution < -0.4 is 0 Å². The van der Waals surface area contributed by atoms with E-state index >= 15 is 0 Å². The van der Waals surface area contributed by atoms with Gasteiger partial charge in [0.15, 0.2) is 6.61 Å². The number of hydrogen-bond donors (Lipinski definition) is 0. The lowest BCUT2D eigenvalue weighted by atomic mass is 10.2. The van der Waals surface area contributed by atoms with Gasteiger partial charge in [-0.3, -0.25) is 0 Å². The van der Waals surface area contributed by atoms with Crippen LogP contribution in [-0.2, 0) is 21.4 Å². The highest BCUT2D eigenvalue weighted by atomic mass is 35.5. The highest BCUT2D eigenvalue weighted by Gasteiger charge is 2.30. The second-order valence-electron chi connectivity index (χ2n) is 6.70. The van der Waals surface area contributed by atoms with Crippen molar-refractivity contribution in [2.45, 2.75) is 24.3 Å². The van der Waals surface area contributed by atoms with Gasteiger partial charge in [0.05, 0.1) is 10.6 Å². The molecule has 0 spiro atoms. The van der Waals surface area contributed by atoms with E-state index in [2.05, 4.69) is 10.2 Å². The number of hydrogen-bond acceptors (Lipinski definition) is 7. The summed E-state index contributed by atoms with van der Waals surface area (Å²) in [5, 5.41) is 7.85. The van der Waals surface area contributed by atoms with E-state index in [0.717, 1.165) is 18.4 Å². The summed E-state index contributed by atoms with van der Waals surface area (Å²) in [6.07, 6.45) is 1.60. The Morgan fingerprint density at radius 1 is 1.10 bits per heavy atom. The molecule has 0 radical (unpaired) electrons. The molecule has 0 saturated carbocycles. The van der Waals surface area contributed by atoms with Gasteiger partial charge in [0.1, 0.15) is 4.90 Å². The summed E-state index contributed by atoms with van der Waals surface area (Å²) in [6, 6.07) is 13.2. The van der Waals surface area contributed by atoms with E-state index in [-0.39, 0.29) is 28.0 Å². The fourth-order valence-corrected chi connectivity index (χ4v) is 5.13. The zero-order valence-corrected chi connectivity index (χ0v) is 17.4. The molecule has 0 N–H and O–H groups in total. The molecule has 1 aliphatic rings. The first kappa shape index (κ1) is 20.5. The minimum absolute atomic E-state index is 0.0582. The topological polar surface area (TPSA) is 103 Å². The van der Waals surface area contributed by atoms with Crippen molar-refractivity contribution in [1.29, 1.82) is 0 Å². The molecule has 0 unspecified atom stereocenters. The molecule has 1 aromatic heterocycles. The number of benzene rings is 2. The summed E-state index contributed by atoms with van der Waals surface area (Å²) in [4.78, 5) is 12.3. The molecular formula is C20H18ClN3O5S. The molecule has 2 aromatic carbocycles. The second kappa shape index (κ2) is 8.55. The third-order valence-electron chi connectivity index (χ3n) is 4.66. The lowest BCUT2D eigenvalue weighted by molar-refractivity contribution is 0.0438. The van der Waals surface area contributed by atoms with Gasteiger partial charge in [-0.1, -0.05) is 29.8 Å². The van der Waals surface area contributed by atoms with Gasteiger partial charge in [-0.05, 0) is 43.2 Å². The summed E-state index contributed by atoms with van der Waals surface area (Å²) in [6.45, 7) is 0.637. The predicted octanol–water partition coefficient (Wildman–Crippen LogP) is 3.53.